The average molecular weight is 274 g/mol. The van der Waals surface area contributed by atoms with E-state index in [1.165, 1.54) is 0 Å². The lowest BCUT2D eigenvalue weighted by Crippen LogP contribution is -2.26. The molecule has 112 valence electrons. The van der Waals surface area contributed by atoms with Crippen LogP contribution in [-0.4, -0.2) is 49.2 Å². The molecule has 0 saturated carbocycles. The molecule has 3 unspecified atom stereocenters. The molecule has 19 heavy (non-hydrogen) atoms. The lowest BCUT2D eigenvalue weighted by molar-refractivity contribution is -0.144. The van der Waals surface area contributed by atoms with E-state index >= 15 is 0 Å². The van der Waals surface area contributed by atoms with Gasteiger partial charge in [0.2, 0.25) is 0 Å². The van der Waals surface area contributed by atoms with Gasteiger partial charge in [-0.3, -0.25) is 0 Å². The van der Waals surface area contributed by atoms with Crippen LogP contribution in [0, 0.1) is 0 Å². The zero-order valence-corrected chi connectivity index (χ0v) is 12.5. The van der Waals surface area contributed by atoms with Gasteiger partial charge < -0.3 is 19.3 Å². The molecule has 0 fully saturated rings. The highest BCUT2D eigenvalue weighted by Gasteiger charge is 2.11. The fraction of sp³-hybridized carbons (Fsp3) is 0.786. The van der Waals surface area contributed by atoms with Crippen molar-refractivity contribution in [1.82, 2.24) is 0 Å². The van der Waals surface area contributed by atoms with Gasteiger partial charge in [0.05, 0.1) is 31.5 Å². The molecule has 0 aromatic rings. The first-order valence-electron chi connectivity index (χ1n) is 6.58. The van der Waals surface area contributed by atoms with Gasteiger partial charge in [0.15, 0.2) is 0 Å². The third kappa shape index (κ3) is 9.64. The number of aliphatic hydroxyl groups is 1. The highest BCUT2D eigenvalue weighted by molar-refractivity contribution is 5.87. The van der Waals surface area contributed by atoms with Crippen molar-refractivity contribution in [1.29, 1.82) is 0 Å². The van der Waals surface area contributed by atoms with E-state index in [9.17, 15) is 4.79 Å². The van der Waals surface area contributed by atoms with Crippen LogP contribution in [0.2, 0.25) is 0 Å². The van der Waals surface area contributed by atoms with E-state index in [2.05, 4.69) is 0 Å². The molecule has 0 aliphatic rings. The Kier molecular flexibility index (Phi) is 9.47. The molecule has 3 atom stereocenters. The maximum Gasteiger partial charge on any atom is 0.333 e. The highest BCUT2D eigenvalue weighted by atomic mass is 16.6. The Hall–Kier alpha value is -0.910. The van der Waals surface area contributed by atoms with Crippen molar-refractivity contribution in [2.24, 2.45) is 0 Å². The second-order valence-corrected chi connectivity index (χ2v) is 4.71. The van der Waals surface area contributed by atoms with Crippen molar-refractivity contribution in [3.8, 4) is 0 Å². The van der Waals surface area contributed by atoms with E-state index in [0.29, 0.717) is 12.2 Å². The van der Waals surface area contributed by atoms with Crippen molar-refractivity contribution in [2.45, 2.75) is 52.9 Å². The number of hydrogen-bond donors (Lipinski definition) is 1. The smallest absolute Gasteiger partial charge is 0.333 e. The summed E-state index contributed by atoms with van der Waals surface area (Å²) in [4.78, 5) is 11.4. The van der Waals surface area contributed by atoms with Gasteiger partial charge in [0.1, 0.15) is 6.61 Å². The van der Waals surface area contributed by atoms with Crippen molar-refractivity contribution in [3.63, 3.8) is 0 Å². The SMILES string of the molecule is CC=C(C)C(=O)OCC(C)OCC(C)OCC(C)O. The predicted octanol–water partition coefficient (Wildman–Crippen LogP) is 1.69. The zero-order valence-electron chi connectivity index (χ0n) is 12.5. The number of aliphatic hydroxyl groups excluding tert-OH is 1. The summed E-state index contributed by atoms with van der Waals surface area (Å²) >= 11 is 0. The highest BCUT2D eigenvalue weighted by Crippen LogP contribution is 2.01. The molecule has 5 nitrogen and oxygen atoms in total. The summed E-state index contributed by atoms with van der Waals surface area (Å²) in [5.41, 5.74) is 0.584. The van der Waals surface area contributed by atoms with Crippen LogP contribution < -0.4 is 0 Å². The summed E-state index contributed by atoms with van der Waals surface area (Å²) in [6.07, 6.45) is 0.931. The minimum atomic E-state index is -0.482. The molecule has 0 rings (SSSR count). The van der Waals surface area contributed by atoms with Gasteiger partial charge in [0, 0.05) is 5.57 Å². The predicted molar refractivity (Wildman–Crippen MR) is 72.9 cm³/mol. The Morgan fingerprint density at radius 3 is 2.16 bits per heavy atom. The molecule has 0 heterocycles. The zero-order chi connectivity index (χ0) is 14.8. The fourth-order valence-corrected chi connectivity index (χ4v) is 1.12. The number of carbonyl (C=O) groups excluding carboxylic acids is 1. The number of hydrogen-bond acceptors (Lipinski definition) is 5. The van der Waals surface area contributed by atoms with Crippen molar-refractivity contribution >= 4 is 5.97 Å². The summed E-state index contributed by atoms with van der Waals surface area (Å²) in [5, 5.41) is 9.07. The van der Waals surface area contributed by atoms with Gasteiger partial charge in [0.25, 0.3) is 0 Å². The Morgan fingerprint density at radius 1 is 1.11 bits per heavy atom. The van der Waals surface area contributed by atoms with Crippen molar-refractivity contribution < 1.29 is 24.1 Å². The molecule has 0 radical (unpaired) electrons. The Labute approximate surface area is 115 Å². The Balaban J connectivity index is 3.75. The van der Waals surface area contributed by atoms with Gasteiger partial charge in [-0.2, -0.15) is 0 Å². The third-order valence-corrected chi connectivity index (χ3v) is 2.44. The lowest BCUT2D eigenvalue weighted by atomic mass is 10.3. The summed E-state index contributed by atoms with van der Waals surface area (Å²) in [6.45, 7) is 9.76. The molecule has 1 N–H and O–H groups in total. The summed E-state index contributed by atoms with van der Waals surface area (Å²) in [7, 11) is 0. The summed E-state index contributed by atoms with van der Waals surface area (Å²) in [6, 6.07) is 0. The molecule has 5 heteroatoms. The molecule has 0 saturated heterocycles. The minimum absolute atomic E-state index is 0.106. The number of ether oxygens (including phenoxy) is 3. The second-order valence-electron chi connectivity index (χ2n) is 4.71. The van der Waals surface area contributed by atoms with Gasteiger partial charge in [-0.05, 0) is 34.6 Å². The van der Waals surface area contributed by atoms with Crippen LogP contribution in [0.25, 0.3) is 0 Å². The molecule has 0 aromatic carbocycles. The fourth-order valence-electron chi connectivity index (χ4n) is 1.12. The topological polar surface area (TPSA) is 65.0 Å². The first-order valence-corrected chi connectivity index (χ1v) is 6.58. The summed E-state index contributed by atoms with van der Waals surface area (Å²) < 4.78 is 15.9. The average Bonchev–Trinajstić information content (AvgIpc) is 2.38. The molecule has 0 amide bonds. The summed E-state index contributed by atoms with van der Waals surface area (Å²) in [5.74, 6) is -0.323. The molecule has 0 aromatic heterocycles. The molecule has 0 bridgehead atoms. The van der Waals surface area contributed by atoms with E-state index < -0.39 is 6.10 Å². The van der Waals surface area contributed by atoms with Crippen LogP contribution in [0.15, 0.2) is 11.6 Å². The van der Waals surface area contributed by atoms with E-state index in [0.717, 1.165) is 0 Å². The third-order valence-electron chi connectivity index (χ3n) is 2.44. The normalized spacial score (nSPS) is 16.8. The first kappa shape index (κ1) is 18.1. The molecular weight excluding hydrogens is 248 g/mol. The van der Waals surface area contributed by atoms with Crippen LogP contribution in [0.4, 0.5) is 0 Å². The standard InChI is InChI=1S/C14H26O5/c1-6-10(2)14(16)19-9-13(5)18-8-12(4)17-7-11(3)15/h6,11-13,15H,7-9H2,1-5H3. The molecular formula is C14H26O5. The number of allylic oxidation sites excluding steroid dienone is 1. The van der Waals surface area contributed by atoms with Gasteiger partial charge in [-0.1, -0.05) is 6.08 Å². The van der Waals surface area contributed by atoms with E-state index in [-0.39, 0.29) is 31.4 Å². The number of carbonyl (C=O) groups is 1. The monoisotopic (exact) mass is 274 g/mol. The lowest BCUT2D eigenvalue weighted by Gasteiger charge is -2.18. The van der Waals surface area contributed by atoms with Crippen molar-refractivity contribution in [2.75, 3.05) is 19.8 Å². The van der Waals surface area contributed by atoms with Crippen LogP contribution in [0.1, 0.15) is 34.6 Å². The maximum atomic E-state index is 11.4. The van der Waals surface area contributed by atoms with Gasteiger partial charge >= 0.3 is 5.97 Å². The number of esters is 1. The van der Waals surface area contributed by atoms with Crippen LogP contribution >= 0.6 is 0 Å². The van der Waals surface area contributed by atoms with Crippen molar-refractivity contribution in [3.05, 3.63) is 11.6 Å². The van der Waals surface area contributed by atoms with E-state index in [1.54, 1.807) is 26.8 Å². The maximum absolute atomic E-state index is 11.4. The molecule has 0 aliphatic heterocycles. The van der Waals surface area contributed by atoms with Gasteiger partial charge in [-0.15, -0.1) is 0 Å². The largest absolute Gasteiger partial charge is 0.460 e. The number of rotatable bonds is 9. The van der Waals surface area contributed by atoms with Gasteiger partial charge in [-0.25, -0.2) is 4.79 Å². The van der Waals surface area contributed by atoms with Crippen LogP contribution in [0.3, 0.4) is 0 Å². The first-order chi connectivity index (χ1) is 8.86. The van der Waals surface area contributed by atoms with Crippen LogP contribution in [-0.2, 0) is 19.0 Å². The second kappa shape index (κ2) is 9.95. The van der Waals surface area contributed by atoms with Crippen LogP contribution in [0.5, 0.6) is 0 Å². The quantitative estimate of drug-likeness (QED) is 0.512. The van der Waals surface area contributed by atoms with E-state index in [4.69, 9.17) is 19.3 Å². The minimum Gasteiger partial charge on any atom is -0.460 e. The molecule has 0 aliphatic carbocycles. The Morgan fingerprint density at radius 2 is 1.63 bits per heavy atom. The molecule has 0 spiro atoms. The van der Waals surface area contributed by atoms with E-state index in [1.807, 2.05) is 13.8 Å². The Bertz CT molecular complexity index is 286.